The van der Waals surface area contributed by atoms with Crippen molar-refractivity contribution in [2.45, 2.75) is 23.5 Å². The maximum Gasteiger partial charge on any atom is 0.248 e. The monoisotopic (exact) mass is 524 g/mol. The van der Waals surface area contributed by atoms with Crippen LogP contribution in [-0.4, -0.2) is 30.6 Å². The highest BCUT2D eigenvalue weighted by atomic mass is 35.5. The zero-order valence-electron chi connectivity index (χ0n) is 19.4. The van der Waals surface area contributed by atoms with Gasteiger partial charge in [0.15, 0.2) is 9.84 Å². The van der Waals surface area contributed by atoms with Crippen molar-refractivity contribution in [3.8, 4) is 5.75 Å². The number of halogens is 1. The Hall–Kier alpha value is -3.88. The first-order valence-electron chi connectivity index (χ1n) is 11.1. The predicted molar refractivity (Wildman–Crippen MR) is 143 cm³/mol. The van der Waals surface area contributed by atoms with Gasteiger partial charge in [0.25, 0.3) is 0 Å². The molecular weight excluding hydrogens is 500 g/mol. The zero-order valence-corrected chi connectivity index (χ0v) is 21.0. The number of allylic oxidation sites excluding steroid dienone is 2. The fraction of sp³-hybridized carbons (Fsp3) is 0.111. The molecule has 3 aromatic carbocycles. The van der Waals surface area contributed by atoms with Crippen LogP contribution in [0.15, 0.2) is 95.9 Å². The lowest BCUT2D eigenvalue weighted by atomic mass is 10.2. The number of phenols is 1. The minimum atomic E-state index is -3.93. The third kappa shape index (κ3) is 6.84. The van der Waals surface area contributed by atoms with Crippen molar-refractivity contribution in [3.05, 3.63) is 102 Å². The van der Waals surface area contributed by atoms with Gasteiger partial charge in [0.1, 0.15) is 11.0 Å². The second kappa shape index (κ2) is 12.2. The number of carbonyl (C=O) groups excluding carboxylic acids is 2. The van der Waals surface area contributed by atoms with Crippen molar-refractivity contribution in [2.75, 3.05) is 10.6 Å². The summed E-state index contributed by atoms with van der Waals surface area (Å²) in [4.78, 5) is 25.1. The minimum Gasteiger partial charge on any atom is -0.506 e. The first kappa shape index (κ1) is 26.7. The molecule has 0 spiro atoms. The van der Waals surface area contributed by atoms with Crippen LogP contribution in [0.3, 0.4) is 0 Å². The topological polar surface area (TPSA) is 113 Å². The van der Waals surface area contributed by atoms with Gasteiger partial charge < -0.3 is 15.7 Å². The lowest BCUT2D eigenvalue weighted by Crippen LogP contribution is -2.34. The van der Waals surface area contributed by atoms with Gasteiger partial charge in [0.05, 0.1) is 21.3 Å². The lowest BCUT2D eigenvalue weighted by Gasteiger charge is -2.17. The summed E-state index contributed by atoms with van der Waals surface area (Å²) in [7, 11) is -3.93. The Morgan fingerprint density at radius 2 is 1.58 bits per heavy atom. The van der Waals surface area contributed by atoms with E-state index < -0.39 is 26.9 Å². The summed E-state index contributed by atoms with van der Waals surface area (Å²) < 4.78 is 25.8. The van der Waals surface area contributed by atoms with Crippen LogP contribution in [-0.2, 0) is 19.4 Å². The largest absolute Gasteiger partial charge is 0.506 e. The van der Waals surface area contributed by atoms with Crippen LogP contribution in [0.4, 0.5) is 11.4 Å². The quantitative estimate of drug-likeness (QED) is 0.196. The van der Waals surface area contributed by atoms with Gasteiger partial charge in [0.2, 0.25) is 11.8 Å². The summed E-state index contributed by atoms with van der Waals surface area (Å²) in [5, 5.41) is 14.0. The fourth-order valence-corrected chi connectivity index (χ4v) is 5.19. The van der Waals surface area contributed by atoms with Crippen molar-refractivity contribution in [2.24, 2.45) is 0 Å². The molecule has 0 aliphatic carbocycles. The molecule has 0 fully saturated rings. The number of hydrogen-bond acceptors (Lipinski definition) is 5. The van der Waals surface area contributed by atoms with E-state index in [9.17, 15) is 23.1 Å². The molecule has 1 unspecified atom stereocenters. The molecule has 1 atom stereocenters. The van der Waals surface area contributed by atoms with Crippen LogP contribution in [0, 0.1) is 0 Å². The van der Waals surface area contributed by atoms with Gasteiger partial charge >= 0.3 is 0 Å². The van der Waals surface area contributed by atoms with Gasteiger partial charge in [-0.25, -0.2) is 8.42 Å². The Kier molecular flexibility index (Phi) is 9.05. The van der Waals surface area contributed by atoms with Gasteiger partial charge in [-0.2, -0.15) is 0 Å². The molecule has 2 amide bonds. The third-order valence-electron chi connectivity index (χ3n) is 5.16. The molecule has 0 saturated heterocycles. The van der Waals surface area contributed by atoms with Crippen LogP contribution >= 0.6 is 11.6 Å². The molecule has 0 saturated carbocycles. The normalized spacial score (nSPS) is 12.5. The van der Waals surface area contributed by atoms with E-state index in [4.69, 9.17) is 11.6 Å². The zero-order chi connectivity index (χ0) is 26.1. The van der Waals surface area contributed by atoms with Gasteiger partial charge in [0, 0.05) is 12.1 Å². The number of amides is 2. The molecule has 7 nitrogen and oxygen atoms in total. The fourth-order valence-electron chi connectivity index (χ4n) is 3.34. The Balaban J connectivity index is 1.69. The number of phenolic OH excluding ortho intramolecular Hbond substituents is 1. The van der Waals surface area contributed by atoms with Crippen molar-refractivity contribution in [1.82, 2.24) is 0 Å². The maximum atomic E-state index is 12.9. The van der Waals surface area contributed by atoms with Gasteiger partial charge in [-0.3, -0.25) is 9.59 Å². The van der Waals surface area contributed by atoms with Crippen LogP contribution in [0.5, 0.6) is 5.75 Å². The summed E-state index contributed by atoms with van der Waals surface area (Å²) >= 11 is 6.25. The highest BCUT2D eigenvalue weighted by molar-refractivity contribution is 7.92. The predicted octanol–water partition coefficient (Wildman–Crippen LogP) is 5.44. The average molecular weight is 525 g/mol. The van der Waals surface area contributed by atoms with E-state index in [1.807, 2.05) is 36.4 Å². The number of benzene rings is 3. The molecule has 0 aliphatic heterocycles. The number of rotatable bonds is 9. The van der Waals surface area contributed by atoms with Crippen LogP contribution < -0.4 is 10.6 Å². The number of nitrogens with one attached hydrogen (secondary N) is 2. The Morgan fingerprint density at radius 3 is 2.22 bits per heavy atom. The molecule has 0 aliphatic rings. The molecular formula is C27H25ClN2O5S. The first-order chi connectivity index (χ1) is 17.2. The summed E-state index contributed by atoms with van der Waals surface area (Å²) in [5.74, 6) is -1.64. The van der Waals surface area contributed by atoms with E-state index in [2.05, 4.69) is 10.6 Å². The van der Waals surface area contributed by atoms with Crippen molar-refractivity contribution in [3.63, 3.8) is 0 Å². The highest BCUT2D eigenvalue weighted by Crippen LogP contribution is 2.34. The summed E-state index contributed by atoms with van der Waals surface area (Å²) in [6, 6.07) is 19.7. The Morgan fingerprint density at radius 1 is 0.944 bits per heavy atom. The van der Waals surface area contributed by atoms with Crippen molar-refractivity contribution < 1.29 is 23.1 Å². The molecule has 3 aromatic rings. The Bertz CT molecular complexity index is 1390. The molecule has 9 heteroatoms. The molecule has 0 heterocycles. The van der Waals surface area contributed by atoms with E-state index in [1.165, 1.54) is 24.3 Å². The van der Waals surface area contributed by atoms with Gasteiger partial charge in [-0.05, 0) is 30.2 Å². The van der Waals surface area contributed by atoms with E-state index in [0.717, 1.165) is 11.6 Å². The smallest absolute Gasteiger partial charge is 0.248 e. The van der Waals surface area contributed by atoms with Crippen molar-refractivity contribution >= 4 is 50.7 Å². The molecule has 3 rings (SSSR count). The van der Waals surface area contributed by atoms with Crippen LogP contribution in [0.25, 0.3) is 6.08 Å². The second-order valence-electron chi connectivity index (χ2n) is 7.71. The summed E-state index contributed by atoms with van der Waals surface area (Å²) in [6.07, 6.45) is 6.40. The summed E-state index contributed by atoms with van der Waals surface area (Å²) in [5.41, 5.74) is 1.02. The second-order valence-corrected chi connectivity index (χ2v) is 10.2. The third-order valence-corrected chi connectivity index (χ3v) is 7.70. The maximum absolute atomic E-state index is 12.9. The SMILES string of the molecule is CCC(C(=O)Nc1cc(O)c(NC(=O)C=CC=Cc2ccccc2)cc1Cl)S(=O)(=O)c1ccccc1. The lowest BCUT2D eigenvalue weighted by molar-refractivity contribution is -0.116. The standard InChI is InChI=1S/C27H25ClN2O5S/c1-2-25(36(34,35)20-14-7-4-8-15-20)27(33)30-22-18-24(31)23(17-21(22)28)29-26(32)16-10-9-13-19-11-5-3-6-12-19/h3-18,25,31H,2H2,1H3,(H,29,32)(H,30,33). The van der Waals surface area contributed by atoms with Crippen molar-refractivity contribution in [1.29, 1.82) is 0 Å². The number of carbonyl (C=O) groups is 2. The number of anilines is 2. The molecule has 186 valence electrons. The van der Waals surface area contributed by atoms with E-state index in [1.54, 1.807) is 37.3 Å². The van der Waals surface area contributed by atoms with Crippen LogP contribution in [0.1, 0.15) is 18.9 Å². The highest BCUT2D eigenvalue weighted by Gasteiger charge is 2.32. The minimum absolute atomic E-state index is 0.0105. The summed E-state index contributed by atoms with van der Waals surface area (Å²) in [6.45, 7) is 1.59. The van der Waals surface area contributed by atoms with E-state index in [0.29, 0.717) is 0 Å². The van der Waals surface area contributed by atoms with E-state index >= 15 is 0 Å². The van der Waals surface area contributed by atoms with Gasteiger partial charge in [-0.1, -0.05) is 85.3 Å². The average Bonchev–Trinajstić information content (AvgIpc) is 2.86. The molecule has 3 N–H and O–H groups in total. The number of hydrogen-bond donors (Lipinski definition) is 3. The van der Waals surface area contributed by atoms with Crippen LogP contribution in [0.2, 0.25) is 5.02 Å². The van der Waals surface area contributed by atoms with Gasteiger partial charge in [-0.15, -0.1) is 0 Å². The molecule has 0 radical (unpaired) electrons. The van der Waals surface area contributed by atoms with E-state index in [-0.39, 0.29) is 33.5 Å². The number of aromatic hydroxyl groups is 1. The first-order valence-corrected chi connectivity index (χ1v) is 13.0. The number of sulfone groups is 1. The molecule has 36 heavy (non-hydrogen) atoms. The molecule has 0 bridgehead atoms. The Labute approximate surface area is 215 Å². The molecule has 0 aromatic heterocycles.